The van der Waals surface area contributed by atoms with E-state index >= 15 is 0 Å². The minimum atomic E-state index is 0.632. The average molecular weight is 175 g/mol. The Kier molecular flexibility index (Phi) is 0.865. The molecule has 2 saturated carbocycles. The maximum absolute atomic E-state index is 3.78. The van der Waals surface area contributed by atoms with Crippen molar-refractivity contribution >= 4 is 15.9 Å². The fourth-order valence-electron chi connectivity index (χ4n) is 1.96. The molecule has 0 N–H and O–H groups in total. The first-order chi connectivity index (χ1) is 3.73. The molecule has 2 fully saturated rings. The van der Waals surface area contributed by atoms with Crippen LogP contribution in [0.5, 0.6) is 0 Å². The zero-order valence-corrected chi connectivity index (χ0v) is 6.74. The SMILES string of the molecule is C[C@@H]1CC[C@H]2C[C@]21Br. The van der Waals surface area contributed by atoms with Gasteiger partial charge < -0.3 is 0 Å². The van der Waals surface area contributed by atoms with Crippen molar-refractivity contribution in [1.29, 1.82) is 0 Å². The highest BCUT2D eigenvalue weighted by Crippen LogP contribution is 2.64. The van der Waals surface area contributed by atoms with Gasteiger partial charge in [0, 0.05) is 4.32 Å². The molecule has 0 aromatic rings. The average Bonchev–Trinajstić information content (AvgIpc) is 2.31. The summed E-state index contributed by atoms with van der Waals surface area (Å²) >= 11 is 3.78. The maximum atomic E-state index is 3.78. The molecule has 3 atom stereocenters. The highest BCUT2D eigenvalue weighted by atomic mass is 79.9. The first kappa shape index (κ1) is 5.28. The van der Waals surface area contributed by atoms with Gasteiger partial charge in [0.05, 0.1) is 0 Å². The molecule has 2 aliphatic rings. The summed E-state index contributed by atoms with van der Waals surface area (Å²) in [6.07, 6.45) is 4.39. The van der Waals surface area contributed by atoms with Gasteiger partial charge in [0.2, 0.25) is 0 Å². The maximum Gasteiger partial charge on any atom is 0.0315 e. The van der Waals surface area contributed by atoms with Crippen molar-refractivity contribution in [3.63, 3.8) is 0 Å². The van der Waals surface area contributed by atoms with E-state index in [0.29, 0.717) is 4.32 Å². The Balaban J connectivity index is 2.19. The second-order valence-corrected chi connectivity index (χ2v) is 4.78. The molecule has 0 aliphatic heterocycles. The fraction of sp³-hybridized carbons (Fsp3) is 1.00. The topological polar surface area (TPSA) is 0 Å². The van der Waals surface area contributed by atoms with Crippen molar-refractivity contribution in [2.24, 2.45) is 11.8 Å². The quantitative estimate of drug-likeness (QED) is 0.496. The van der Waals surface area contributed by atoms with Crippen LogP contribution < -0.4 is 0 Å². The standard InChI is InChI=1S/C7H11Br/c1-5-2-3-6-4-7(5,6)8/h5-6H,2-4H2,1H3/t5-,6+,7-/m1/s1. The molecular weight excluding hydrogens is 164 g/mol. The molecule has 0 nitrogen and oxygen atoms in total. The van der Waals surface area contributed by atoms with E-state index in [1.807, 2.05) is 0 Å². The van der Waals surface area contributed by atoms with Gasteiger partial charge in [0.15, 0.2) is 0 Å². The van der Waals surface area contributed by atoms with Crippen LogP contribution >= 0.6 is 15.9 Å². The lowest BCUT2D eigenvalue weighted by Gasteiger charge is -2.08. The normalized spacial score (nSPS) is 60.8. The van der Waals surface area contributed by atoms with Gasteiger partial charge in [-0.2, -0.15) is 0 Å². The smallest absolute Gasteiger partial charge is 0.0315 e. The van der Waals surface area contributed by atoms with Crippen molar-refractivity contribution in [3.05, 3.63) is 0 Å². The molecule has 0 amide bonds. The summed E-state index contributed by atoms with van der Waals surface area (Å²) in [5, 5.41) is 0. The number of halogens is 1. The Bertz CT molecular complexity index is 120. The first-order valence-corrected chi connectivity index (χ1v) is 4.21. The molecule has 0 spiro atoms. The summed E-state index contributed by atoms with van der Waals surface area (Å²) < 4.78 is 0.632. The van der Waals surface area contributed by atoms with Crippen LogP contribution in [0, 0.1) is 11.8 Å². The van der Waals surface area contributed by atoms with E-state index in [4.69, 9.17) is 0 Å². The summed E-state index contributed by atoms with van der Waals surface area (Å²) in [7, 11) is 0. The molecular formula is C7H11Br. The third-order valence-corrected chi connectivity index (χ3v) is 4.60. The molecule has 8 heavy (non-hydrogen) atoms. The summed E-state index contributed by atoms with van der Waals surface area (Å²) in [5.41, 5.74) is 0. The summed E-state index contributed by atoms with van der Waals surface area (Å²) in [6, 6.07) is 0. The lowest BCUT2D eigenvalue weighted by molar-refractivity contribution is 0.562. The lowest BCUT2D eigenvalue weighted by atomic mass is 10.1. The van der Waals surface area contributed by atoms with E-state index in [0.717, 1.165) is 11.8 Å². The number of fused-ring (bicyclic) bond motifs is 1. The van der Waals surface area contributed by atoms with Crippen LogP contribution in [-0.2, 0) is 0 Å². The minimum absolute atomic E-state index is 0.632. The molecule has 1 heteroatoms. The molecule has 0 aromatic carbocycles. The zero-order valence-electron chi connectivity index (χ0n) is 5.15. The van der Waals surface area contributed by atoms with Gasteiger partial charge in [-0.25, -0.2) is 0 Å². The molecule has 0 saturated heterocycles. The fourth-order valence-corrected chi connectivity index (χ4v) is 2.80. The van der Waals surface area contributed by atoms with Crippen LogP contribution in [0.25, 0.3) is 0 Å². The van der Waals surface area contributed by atoms with Gasteiger partial charge in [-0.15, -0.1) is 0 Å². The van der Waals surface area contributed by atoms with Crippen LogP contribution in [0.3, 0.4) is 0 Å². The van der Waals surface area contributed by atoms with Gasteiger partial charge in [-0.1, -0.05) is 22.9 Å². The Hall–Kier alpha value is 0.480. The predicted octanol–water partition coefficient (Wildman–Crippen LogP) is 2.57. The van der Waals surface area contributed by atoms with Crippen molar-refractivity contribution in [2.75, 3.05) is 0 Å². The van der Waals surface area contributed by atoms with Gasteiger partial charge in [0.25, 0.3) is 0 Å². The molecule has 0 aromatic heterocycles. The molecule has 0 bridgehead atoms. The highest BCUT2D eigenvalue weighted by molar-refractivity contribution is 9.10. The van der Waals surface area contributed by atoms with Crippen molar-refractivity contribution in [1.82, 2.24) is 0 Å². The molecule has 2 rings (SSSR count). The van der Waals surface area contributed by atoms with Gasteiger partial charge >= 0.3 is 0 Å². The molecule has 0 unspecified atom stereocenters. The molecule has 46 valence electrons. The Morgan fingerprint density at radius 3 is 2.38 bits per heavy atom. The molecule has 0 radical (unpaired) electrons. The lowest BCUT2D eigenvalue weighted by Crippen LogP contribution is -2.06. The zero-order chi connectivity index (χ0) is 5.78. The molecule has 2 aliphatic carbocycles. The predicted molar refractivity (Wildman–Crippen MR) is 38.2 cm³/mol. The van der Waals surface area contributed by atoms with Crippen molar-refractivity contribution in [3.8, 4) is 0 Å². The summed E-state index contributed by atoms with van der Waals surface area (Å²) in [4.78, 5) is 0. The second kappa shape index (κ2) is 1.31. The number of alkyl halides is 1. The highest BCUT2D eigenvalue weighted by Gasteiger charge is 2.59. The van der Waals surface area contributed by atoms with Crippen LogP contribution in [0.1, 0.15) is 26.2 Å². The van der Waals surface area contributed by atoms with Crippen LogP contribution in [0.2, 0.25) is 0 Å². The summed E-state index contributed by atoms with van der Waals surface area (Å²) in [5.74, 6) is 2.00. The monoisotopic (exact) mass is 174 g/mol. The van der Waals surface area contributed by atoms with Crippen molar-refractivity contribution < 1.29 is 0 Å². The van der Waals surface area contributed by atoms with Gasteiger partial charge in [-0.05, 0) is 31.1 Å². The third kappa shape index (κ3) is 0.464. The van der Waals surface area contributed by atoms with E-state index in [-0.39, 0.29) is 0 Å². The van der Waals surface area contributed by atoms with Gasteiger partial charge in [-0.3, -0.25) is 0 Å². The van der Waals surface area contributed by atoms with Gasteiger partial charge in [0.1, 0.15) is 0 Å². The number of hydrogen-bond acceptors (Lipinski definition) is 0. The van der Waals surface area contributed by atoms with Crippen LogP contribution in [-0.4, -0.2) is 4.32 Å². The minimum Gasteiger partial charge on any atom is -0.0847 e. The van der Waals surface area contributed by atoms with E-state index in [1.165, 1.54) is 19.3 Å². The summed E-state index contributed by atoms with van der Waals surface area (Å²) in [6.45, 7) is 2.36. The number of hydrogen-bond donors (Lipinski definition) is 0. The van der Waals surface area contributed by atoms with Crippen LogP contribution in [0.4, 0.5) is 0 Å². The third-order valence-electron chi connectivity index (χ3n) is 2.85. The Morgan fingerprint density at radius 2 is 2.25 bits per heavy atom. The molecule has 0 heterocycles. The van der Waals surface area contributed by atoms with Crippen LogP contribution in [0.15, 0.2) is 0 Å². The largest absolute Gasteiger partial charge is 0.0847 e. The Morgan fingerprint density at radius 1 is 1.50 bits per heavy atom. The first-order valence-electron chi connectivity index (χ1n) is 3.42. The van der Waals surface area contributed by atoms with E-state index in [9.17, 15) is 0 Å². The van der Waals surface area contributed by atoms with Crippen molar-refractivity contribution in [2.45, 2.75) is 30.5 Å². The van der Waals surface area contributed by atoms with E-state index in [1.54, 1.807) is 0 Å². The van der Waals surface area contributed by atoms with E-state index in [2.05, 4.69) is 22.9 Å². The Labute approximate surface area is 58.8 Å². The second-order valence-electron chi connectivity index (χ2n) is 3.31. The van der Waals surface area contributed by atoms with E-state index < -0.39 is 0 Å². The number of rotatable bonds is 0.